The Morgan fingerprint density at radius 1 is 1.40 bits per heavy atom. The quantitative estimate of drug-likeness (QED) is 0.534. The van der Waals surface area contributed by atoms with E-state index in [4.69, 9.17) is 0 Å². The summed E-state index contributed by atoms with van der Waals surface area (Å²) in [7, 11) is 0. The monoisotopic (exact) mass is 145 g/mol. The maximum Gasteiger partial charge on any atom is 0.359 e. The molecule has 0 aliphatic carbocycles. The van der Waals surface area contributed by atoms with Crippen LogP contribution >= 0.6 is 0 Å². The number of carbonyl (C=O) groups is 2. The fourth-order valence-corrected chi connectivity index (χ4v) is 0.350. The zero-order valence-corrected chi connectivity index (χ0v) is 5.75. The Hall–Kier alpha value is -1.06. The fourth-order valence-electron chi connectivity index (χ4n) is 0.350. The van der Waals surface area contributed by atoms with Crippen LogP contribution in [0.3, 0.4) is 0 Å². The molecular formula is C6H9O4. The van der Waals surface area contributed by atoms with Crippen LogP contribution in [0.1, 0.15) is 19.8 Å². The summed E-state index contributed by atoms with van der Waals surface area (Å²) in [6.07, 6.45) is 0.0405. The van der Waals surface area contributed by atoms with E-state index in [-0.39, 0.29) is 25.4 Å². The van der Waals surface area contributed by atoms with Gasteiger partial charge in [0.05, 0.1) is 6.42 Å². The van der Waals surface area contributed by atoms with E-state index in [0.717, 1.165) is 0 Å². The molecule has 0 rings (SSSR count). The average molecular weight is 145 g/mol. The lowest BCUT2D eigenvalue weighted by molar-refractivity contribution is -0.148. The molecule has 0 aliphatic heterocycles. The van der Waals surface area contributed by atoms with Crippen LogP contribution in [-0.4, -0.2) is 18.5 Å². The molecule has 0 spiro atoms. The molecule has 0 N–H and O–H groups in total. The van der Waals surface area contributed by atoms with Crippen LogP contribution in [0.25, 0.3) is 0 Å². The summed E-state index contributed by atoms with van der Waals surface area (Å²) < 4.78 is 4.44. The van der Waals surface area contributed by atoms with Gasteiger partial charge in [-0.25, -0.2) is 9.90 Å². The van der Waals surface area contributed by atoms with Gasteiger partial charge in [-0.2, -0.15) is 0 Å². The van der Waals surface area contributed by atoms with E-state index in [9.17, 15) is 14.7 Å². The summed E-state index contributed by atoms with van der Waals surface area (Å²) in [5.74, 6) is -1.59. The summed E-state index contributed by atoms with van der Waals surface area (Å²) in [5.41, 5.74) is 0. The maximum absolute atomic E-state index is 10.4. The Morgan fingerprint density at radius 2 is 2.00 bits per heavy atom. The van der Waals surface area contributed by atoms with Gasteiger partial charge < -0.3 is 4.74 Å². The van der Waals surface area contributed by atoms with Gasteiger partial charge in [0.25, 0.3) is 0 Å². The molecule has 0 saturated carbocycles. The molecule has 0 aromatic heterocycles. The van der Waals surface area contributed by atoms with Crippen LogP contribution in [0.15, 0.2) is 0 Å². The first-order chi connectivity index (χ1) is 4.66. The summed E-state index contributed by atoms with van der Waals surface area (Å²) in [6, 6.07) is 0. The van der Waals surface area contributed by atoms with Crippen molar-refractivity contribution in [2.75, 3.05) is 6.61 Å². The standard InChI is InChI=1S/C6H9O4/c1-2-6(9)10-4-3-5(7)8/h2-4H2,1H3. The highest BCUT2D eigenvalue weighted by Crippen LogP contribution is 1.87. The third-order valence-corrected chi connectivity index (χ3v) is 0.858. The minimum Gasteiger partial charge on any atom is -0.465 e. The van der Waals surface area contributed by atoms with E-state index in [1.807, 2.05) is 0 Å². The van der Waals surface area contributed by atoms with Crippen LogP contribution in [0, 0.1) is 0 Å². The Labute approximate surface area is 58.8 Å². The maximum atomic E-state index is 10.4. The van der Waals surface area contributed by atoms with Crippen LogP contribution in [0.5, 0.6) is 0 Å². The Kier molecular flexibility index (Phi) is 4.28. The minimum absolute atomic E-state index is 0.0883. The molecule has 4 nitrogen and oxygen atoms in total. The molecule has 0 aliphatic rings. The third kappa shape index (κ3) is 5.08. The second-order valence-electron chi connectivity index (χ2n) is 1.70. The van der Waals surface area contributed by atoms with Crippen molar-refractivity contribution < 1.29 is 19.4 Å². The Morgan fingerprint density at radius 3 is 2.40 bits per heavy atom. The summed E-state index contributed by atoms with van der Waals surface area (Å²) in [6.45, 7) is 1.55. The molecule has 57 valence electrons. The van der Waals surface area contributed by atoms with Gasteiger partial charge in [0.2, 0.25) is 0 Å². The van der Waals surface area contributed by atoms with E-state index in [2.05, 4.69) is 4.74 Å². The van der Waals surface area contributed by atoms with Crippen LogP contribution in [-0.2, 0) is 19.4 Å². The van der Waals surface area contributed by atoms with E-state index in [1.165, 1.54) is 0 Å². The second kappa shape index (κ2) is 4.78. The topological polar surface area (TPSA) is 63.3 Å². The van der Waals surface area contributed by atoms with Gasteiger partial charge in [-0.15, -0.1) is 0 Å². The molecule has 0 heterocycles. The summed E-state index contributed by atoms with van der Waals surface area (Å²) >= 11 is 0. The van der Waals surface area contributed by atoms with E-state index in [1.54, 1.807) is 6.92 Å². The van der Waals surface area contributed by atoms with Crippen molar-refractivity contribution in [1.29, 1.82) is 0 Å². The van der Waals surface area contributed by atoms with Crippen LogP contribution < -0.4 is 0 Å². The predicted molar refractivity (Wildman–Crippen MR) is 31.6 cm³/mol. The Bertz CT molecular complexity index is 130. The van der Waals surface area contributed by atoms with Gasteiger partial charge in [0.1, 0.15) is 6.61 Å². The van der Waals surface area contributed by atoms with Crippen molar-refractivity contribution in [3.05, 3.63) is 0 Å². The predicted octanol–water partition coefficient (Wildman–Crippen LogP) is 0.287. The van der Waals surface area contributed by atoms with Gasteiger partial charge in [-0.1, -0.05) is 6.92 Å². The molecule has 0 atom stereocenters. The second-order valence-corrected chi connectivity index (χ2v) is 1.70. The number of esters is 1. The molecule has 10 heavy (non-hydrogen) atoms. The summed E-state index contributed by atoms with van der Waals surface area (Å²) in [5, 5.41) is 9.77. The van der Waals surface area contributed by atoms with E-state index >= 15 is 0 Å². The van der Waals surface area contributed by atoms with Crippen molar-refractivity contribution in [2.24, 2.45) is 0 Å². The molecule has 0 aromatic rings. The number of hydrogen-bond acceptors (Lipinski definition) is 3. The lowest BCUT2D eigenvalue weighted by Crippen LogP contribution is -2.07. The molecule has 0 amide bonds. The SMILES string of the molecule is CCC(=O)OCCC([O])=O. The van der Waals surface area contributed by atoms with Gasteiger partial charge in [0, 0.05) is 6.42 Å². The molecule has 0 saturated heterocycles. The Balaban J connectivity index is 3.20. The lowest BCUT2D eigenvalue weighted by atomic mass is 10.4. The van der Waals surface area contributed by atoms with E-state index in [0.29, 0.717) is 0 Å². The summed E-state index contributed by atoms with van der Waals surface area (Å²) in [4.78, 5) is 20.1. The van der Waals surface area contributed by atoms with Gasteiger partial charge in [-0.3, -0.25) is 4.79 Å². The molecular weight excluding hydrogens is 136 g/mol. The first kappa shape index (κ1) is 8.94. The molecule has 0 unspecified atom stereocenters. The number of ether oxygens (including phenoxy) is 1. The number of carbonyl (C=O) groups excluding carboxylic acids is 2. The van der Waals surface area contributed by atoms with Crippen molar-refractivity contribution in [1.82, 2.24) is 0 Å². The van der Waals surface area contributed by atoms with Crippen LogP contribution in [0.2, 0.25) is 0 Å². The average Bonchev–Trinajstić information content (AvgIpc) is 1.87. The normalized spacial score (nSPS) is 8.90. The first-order valence-electron chi connectivity index (χ1n) is 3.02. The molecule has 1 radical (unpaired) electrons. The smallest absolute Gasteiger partial charge is 0.359 e. The highest BCUT2D eigenvalue weighted by molar-refractivity contribution is 5.70. The van der Waals surface area contributed by atoms with Crippen molar-refractivity contribution >= 4 is 11.9 Å². The number of hydrogen-bond donors (Lipinski definition) is 0. The molecule has 0 bridgehead atoms. The minimum atomic E-state index is -1.20. The number of rotatable bonds is 4. The van der Waals surface area contributed by atoms with Gasteiger partial charge in [-0.05, 0) is 0 Å². The first-order valence-corrected chi connectivity index (χ1v) is 3.02. The zero-order valence-electron chi connectivity index (χ0n) is 5.75. The molecule has 4 heteroatoms. The third-order valence-electron chi connectivity index (χ3n) is 0.858. The van der Waals surface area contributed by atoms with Gasteiger partial charge >= 0.3 is 11.9 Å². The highest BCUT2D eigenvalue weighted by atomic mass is 16.5. The van der Waals surface area contributed by atoms with Crippen molar-refractivity contribution in [2.45, 2.75) is 19.8 Å². The molecule has 0 fully saturated rings. The van der Waals surface area contributed by atoms with Gasteiger partial charge in [0.15, 0.2) is 0 Å². The lowest BCUT2D eigenvalue weighted by Gasteiger charge is -1.97. The highest BCUT2D eigenvalue weighted by Gasteiger charge is 2.01. The fraction of sp³-hybridized carbons (Fsp3) is 0.667. The largest absolute Gasteiger partial charge is 0.465 e. The van der Waals surface area contributed by atoms with Crippen molar-refractivity contribution in [3.63, 3.8) is 0 Å². The van der Waals surface area contributed by atoms with E-state index < -0.39 is 5.97 Å². The zero-order chi connectivity index (χ0) is 7.98. The van der Waals surface area contributed by atoms with Crippen molar-refractivity contribution in [3.8, 4) is 0 Å². The molecule has 0 aromatic carbocycles. The van der Waals surface area contributed by atoms with Crippen LogP contribution in [0.4, 0.5) is 0 Å².